The molecule has 14 aromatic rings. The molecule has 0 aliphatic rings. The molecule has 0 saturated carbocycles. The van der Waals surface area contributed by atoms with Crippen LogP contribution in [0.4, 0.5) is 11.4 Å². The van der Waals surface area contributed by atoms with Gasteiger partial charge in [0.25, 0.3) is 5.69 Å². The molecule has 0 aliphatic heterocycles. The number of nitrogens with one attached hydrogen (secondary N) is 1. The molecule has 8 aromatic heterocycles. The molecule has 0 saturated heterocycles. The lowest BCUT2D eigenvalue weighted by molar-refractivity contribution is -0.384. The van der Waals surface area contributed by atoms with E-state index in [0.717, 1.165) is 45.4 Å². The zero-order valence-electron chi connectivity index (χ0n) is 47.9. The van der Waals surface area contributed by atoms with Crippen LogP contribution in [0.1, 0.15) is 17.2 Å². The van der Waals surface area contributed by atoms with Crippen molar-refractivity contribution in [3.63, 3.8) is 0 Å². The van der Waals surface area contributed by atoms with Gasteiger partial charge in [0.15, 0.2) is 25.3 Å². The number of anilines is 1. The van der Waals surface area contributed by atoms with Gasteiger partial charge in [0, 0.05) is 43.0 Å². The normalized spacial score (nSPS) is 10.5. The number of halogens is 6. The number of non-ortho nitro benzene ring substituents is 1. The number of fused-ring (bicyclic) bond motifs is 1. The van der Waals surface area contributed by atoms with Crippen molar-refractivity contribution in [3.05, 3.63) is 232 Å². The maximum Gasteiger partial charge on any atom is 0.270 e. The minimum atomic E-state index is -0.619. The second-order valence-corrected chi connectivity index (χ2v) is 25.8. The number of aryl methyl sites for hydroxylation is 1. The number of aliphatic hydroxyl groups is 1. The van der Waals surface area contributed by atoms with Gasteiger partial charge in [-0.3, -0.25) is 14.7 Å². The van der Waals surface area contributed by atoms with Gasteiger partial charge in [-0.05, 0) is 154 Å². The molecule has 92 heavy (non-hydrogen) atoms. The highest BCUT2D eigenvalue weighted by molar-refractivity contribution is 9.38. The number of benzene rings is 6. The largest absolute Gasteiger partial charge is 0.388 e. The summed E-state index contributed by atoms with van der Waals surface area (Å²) in [7, 11) is 4.01. The van der Waals surface area contributed by atoms with Gasteiger partial charge in [-0.25, -0.2) is 4.68 Å². The van der Waals surface area contributed by atoms with Gasteiger partial charge in [0.05, 0.1) is 27.7 Å². The summed E-state index contributed by atoms with van der Waals surface area (Å²) in [5, 5.41) is 96.0. The van der Waals surface area contributed by atoms with Crippen molar-refractivity contribution in [1.82, 2.24) is 136 Å². The third kappa shape index (κ3) is 19.4. The molecule has 0 bridgehead atoms. The van der Waals surface area contributed by atoms with Crippen molar-refractivity contribution in [3.8, 4) is 45.5 Å². The van der Waals surface area contributed by atoms with E-state index < -0.39 is 7.07 Å². The molecule has 14 rings (SSSR count). The number of aliphatic hydroxyl groups excluding tert-OH is 1. The average Bonchev–Trinajstić information content (AvgIpc) is 3.12. The van der Waals surface area contributed by atoms with Crippen molar-refractivity contribution in [2.75, 3.05) is 19.0 Å². The van der Waals surface area contributed by atoms with Gasteiger partial charge in [-0.15, -0.1) is 52.4 Å². The number of aromatic amines is 1. The Hall–Kier alpha value is -10.2. The van der Waals surface area contributed by atoms with E-state index in [0.29, 0.717) is 39.8 Å². The highest BCUT2D eigenvalue weighted by Crippen LogP contribution is 2.43. The van der Waals surface area contributed by atoms with E-state index in [1.807, 2.05) is 184 Å². The summed E-state index contributed by atoms with van der Waals surface area (Å²) in [6.45, 7) is 1.78. The van der Waals surface area contributed by atoms with Gasteiger partial charge in [-0.2, -0.15) is 23.8 Å². The summed E-state index contributed by atoms with van der Waals surface area (Å²) in [4.78, 5) is 12.0. The molecule has 0 spiro atoms. The smallest absolute Gasteiger partial charge is 0.270 e. The summed E-state index contributed by atoms with van der Waals surface area (Å²) in [6, 6.07) is 56.5. The molecule has 32 nitrogen and oxygen atoms in total. The number of hydrogen-bond acceptors (Lipinski definition) is 24. The first-order valence-electron chi connectivity index (χ1n) is 26.3. The molecule has 0 unspecified atom stereocenters. The van der Waals surface area contributed by atoms with Crippen molar-refractivity contribution < 1.29 is 10.0 Å². The Kier molecular flexibility index (Phi) is 25.1. The van der Waals surface area contributed by atoms with Crippen molar-refractivity contribution in [2.45, 2.75) is 21.7 Å². The Bertz CT molecular complexity index is 4350. The number of alkyl halides is 4. The van der Waals surface area contributed by atoms with E-state index in [1.54, 1.807) is 38.7 Å². The lowest BCUT2D eigenvalue weighted by Crippen LogP contribution is -2.10. The average molecular weight is 1500 g/mol. The van der Waals surface area contributed by atoms with Crippen LogP contribution >= 0.6 is 82.6 Å². The first kappa shape index (κ1) is 67.8. The van der Waals surface area contributed by atoms with E-state index in [4.69, 9.17) is 39.9 Å². The Labute approximate surface area is 560 Å². The molecule has 0 atom stereocenters. The molecule has 0 aliphatic carbocycles. The van der Waals surface area contributed by atoms with E-state index >= 15 is 0 Å². The lowest BCUT2D eigenvalue weighted by Gasteiger charge is -2.12. The molecule has 0 radical (unpaired) electrons. The van der Waals surface area contributed by atoms with Gasteiger partial charge < -0.3 is 10.0 Å². The van der Waals surface area contributed by atoms with Crippen LogP contribution in [-0.2, 0) is 14.8 Å². The summed E-state index contributed by atoms with van der Waals surface area (Å²) in [5.41, 5.74) is 8.04. The standard InChI is InChI=1S/C9H8ClN3.C9H11N5.C8H5Br3N4.C8H8N4O.C7H5ClN4.C7H5N5O2.C6H5ClN4/c10-6-13-7-11-12-9(13)8-4-2-1-3-5-8;1-13(2)8-3-5-9(6-4-8)14-7-10-11-12-14;9-8(10,11)7-12-13-14-15(7)6-4-2-1-3-5-6;13-6-8-9-10-11-12(8)7-4-2-1-3-5-7;8-7-9-10-11-12(7)6-4-2-1-3-5-6;13-12(14)6-3-1-2-5(4-6)7-8-10-11-9-7;1-4-2-5(7)11-6(3-4)8-9-10-11/h1-5,7H,6H2;3-7H,1-2H3;1-5H;1-5,13H,6H2;1-5H;1-4H,(H,8,9,10,11);2-3H,1H3. The van der Waals surface area contributed by atoms with Crippen molar-refractivity contribution in [2.24, 2.45) is 0 Å². The zero-order valence-corrected chi connectivity index (χ0v) is 55.0. The Morgan fingerprint density at radius 1 is 0.598 bits per heavy atom. The van der Waals surface area contributed by atoms with Crippen LogP contribution in [-0.4, -0.2) is 160 Å². The van der Waals surface area contributed by atoms with E-state index in [2.05, 4.69) is 156 Å². The van der Waals surface area contributed by atoms with Crippen molar-refractivity contribution in [1.29, 1.82) is 0 Å². The highest BCUT2D eigenvalue weighted by atomic mass is 80.0. The van der Waals surface area contributed by atoms with Gasteiger partial charge in [-0.1, -0.05) is 162 Å². The summed E-state index contributed by atoms with van der Waals surface area (Å²) >= 11 is 27.4. The first-order chi connectivity index (χ1) is 44.6. The van der Waals surface area contributed by atoms with Crippen LogP contribution in [0.15, 0.2) is 195 Å². The number of nitrogens with zero attached hydrogens (tertiary/aromatic N) is 28. The maximum atomic E-state index is 10.5. The molecule has 0 amide bonds. The van der Waals surface area contributed by atoms with Crippen LogP contribution in [0, 0.1) is 17.0 Å². The SMILES string of the molecule is BrC(Br)(Br)c1nnnn1-c1ccccc1.CN(C)c1ccc(-n2cnnn2)cc1.Cc1cc(Cl)n2nnnc2c1.ClCn1cnnc1-c1ccccc1.Clc1nnnn1-c1ccccc1.O=[N+]([O-])c1cccc(-c2nn[nH]n2)c1.OCc1nnnn1-c1ccccc1. The molecular formula is C54H47Br3Cl3N29O3. The maximum absolute atomic E-state index is 10.5. The predicted molar refractivity (Wildman–Crippen MR) is 348 cm³/mol. The van der Waals surface area contributed by atoms with Crippen LogP contribution in [0.25, 0.3) is 51.2 Å². The summed E-state index contributed by atoms with van der Waals surface area (Å²) in [5.74, 6) is 2.20. The number of nitro benzene ring substituents is 1. The molecule has 6 aromatic carbocycles. The molecule has 38 heteroatoms. The summed E-state index contributed by atoms with van der Waals surface area (Å²) < 4.78 is 8.87. The fourth-order valence-corrected chi connectivity index (χ4v) is 8.77. The predicted octanol–water partition coefficient (Wildman–Crippen LogP) is 9.16. The molecule has 8 heterocycles. The van der Waals surface area contributed by atoms with Crippen LogP contribution < -0.4 is 4.90 Å². The zero-order chi connectivity index (χ0) is 65.2. The summed E-state index contributed by atoms with van der Waals surface area (Å²) in [6.07, 6.45) is 3.19. The minimum absolute atomic E-state index is 0.00676. The molecule has 2 N–H and O–H groups in total. The van der Waals surface area contributed by atoms with Gasteiger partial charge in [0.1, 0.15) is 30.4 Å². The quantitative estimate of drug-likeness (QED) is 0.0557. The fraction of sp³-hybridized carbons (Fsp3) is 0.111. The van der Waals surface area contributed by atoms with Crippen molar-refractivity contribution >= 4 is 99.6 Å². The first-order valence-corrected chi connectivity index (χ1v) is 29.9. The second-order valence-electron chi connectivity index (χ2n) is 18.1. The number of tetrazole rings is 6. The topological polar surface area (TPSA) is 369 Å². The number of hydrogen-bond donors (Lipinski definition) is 2. The van der Waals surface area contributed by atoms with E-state index in [1.165, 1.54) is 26.0 Å². The Balaban J connectivity index is 0.000000138. The lowest BCUT2D eigenvalue weighted by atomic mass is 10.2. The number of pyridine rings is 1. The van der Waals surface area contributed by atoms with Gasteiger partial charge >= 0.3 is 0 Å². The molecule has 0 fully saturated rings. The van der Waals surface area contributed by atoms with Crippen LogP contribution in [0.5, 0.6) is 0 Å². The highest BCUT2D eigenvalue weighted by Gasteiger charge is 2.29. The number of aromatic nitrogens is 27. The third-order valence-corrected chi connectivity index (χ3v) is 13.5. The molecule has 468 valence electrons. The monoisotopic (exact) mass is 1490 g/mol. The van der Waals surface area contributed by atoms with Crippen LogP contribution in [0.2, 0.25) is 10.4 Å². The van der Waals surface area contributed by atoms with E-state index in [-0.39, 0.29) is 17.6 Å². The van der Waals surface area contributed by atoms with Gasteiger partial charge in [0.2, 0.25) is 11.1 Å². The Morgan fingerprint density at radius 3 is 1.75 bits per heavy atom. The third-order valence-electron chi connectivity index (χ3n) is 11.6. The molecular weight excluding hydrogens is 1450 g/mol. The van der Waals surface area contributed by atoms with Crippen LogP contribution in [0.3, 0.4) is 0 Å². The fourth-order valence-electron chi connectivity index (χ4n) is 7.39. The number of rotatable bonds is 10. The second kappa shape index (κ2) is 34.1. The number of para-hydroxylation sites is 3. The number of H-pyrrole nitrogens is 1. The Morgan fingerprint density at radius 2 is 1.18 bits per heavy atom. The minimum Gasteiger partial charge on any atom is -0.388 e. The van der Waals surface area contributed by atoms with E-state index in [9.17, 15) is 10.1 Å². The number of nitro groups is 1.